The Hall–Kier alpha value is -2.55. The molecule has 0 saturated carbocycles. The number of aromatic nitrogens is 5. The number of carbonyl (C=O) groups is 1. The van der Waals surface area contributed by atoms with Gasteiger partial charge < -0.3 is 4.90 Å². The Bertz CT molecular complexity index is 945. The minimum Gasteiger partial charge on any atom is -0.334 e. The number of amides is 1. The van der Waals surface area contributed by atoms with Gasteiger partial charge in [0.15, 0.2) is 11.3 Å². The average molecular weight is 369 g/mol. The summed E-state index contributed by atoms with van der Waals surface area (Å²) in [6.45, 7) is 1.83. The summed E-state index contributed by atoms with van der Waals surface area (Å²) >= 11 is 5.14. The fraction of sp³-hybridized carbons (Fsp3) is 0.333. The number of fused-ring (bicyclic) bond motifs is 1. The molecule has 3 aromatic rings. The number of halogens is 3. The van der Waals surface area contributed by atoms with Crippen LogP contribution in [0.4, 0.5) is 8.78 Å². The van der Waals surface area contributed by atoms with Crippen molar-refractivity contribution in [1.29, 1.82) is 0 Å². The maximum absolute atomic E-state index is 13.6. The van der Waals surface area contributed by atoms with Crippen LogP contribution < -0.4 is 0 Å². The molecule has 132 valence electrons. The second-order valence-corrected chi connectivity index (χ2v) is 6.20. The van der Waals surface area contributed by atoms with E-state index in [2.05, 4.69) is 15.2 Å². The Morgan fingerprint density at radius 1 is 1.36 bits per heavy atom. The van der Waals surface area contributed by atoms with Crippen molar-refractivity contribution < 1.29 is 13.6 Å². The first-order chi connectivity index (χ1) is 11.6. The van der Waals surface area contributed by atoms with Gasteiger partial charge in [-0.25, -0.2) is 9.50 Å². The lowest BCUT2D eigenvalue weighted by molar-refractivity contribution is 0.0771. The van der Waals surface area contributed by atoms with E-state index in [0.29, 0.717) is 11.4 Å². The van der Waals surface area contributed by atoms with Gasteiger partial charge in [-0.3, -0.25) is 9.48 Å². The van der Waals surface area contributed by atoms with E-state index in [1.807, 2.05) is 0 Å². The van der Waals surface area contributed by atoms with Crippen molar-refractivity contribution in [2.24, 2.45) is 7.05 Å². The Kier molecular flexibility index (Phi) is 4.19. The quantitative estimate of drug-likeness (QED) is 0.663. The molecule has 7 nitrogen and oxygen atoms in total. The first-order valence-corrected chi connectivity index (χ1v) is 7.71. The summed E-state index contributed by atoms with van der Waals surface area (Å²) < 4.78 is 29.7. The normalized spacial score (nSPS) is 11.9. The molecule has 1 amide bonds. The molecule has 10 heteroatoms. The van der Waals surface area contributed by atoms with Gasteiger partial charge in [0.05, 0.1) is 12.2 Å². The number of nitrogens with zero attached hydrogens (tertiary/aromatic N) is 6. The van der Waals surface area contributed by atoms with E-state index in [1.54, 1.807) is 38.0 Å². The first-order valence-electron chi connectivity index (χ1n) is 7.34. The molecule has 0 bridgehead atoms. The highest BCUT2D eigenvalue weighted by atomic mass is 35.5. The highest BCUT2D eigenvalue weighted by Gasteiger charge is 2.33. The number of carbonyl (C=O) groups excluding carboxylic acids is 1. The Morgan fingerprint density at radius 2 is 2.08 bits per heavy atom. The maximum Gasteiger partial charge on any atom is 0.364 e. The number of hydrogen-bond donors (Lipinski definition) is 0. The standard InChI is InChI=1S/C15H15ClF2N6O/c1-9-6-12(15(16,17)18)24-13(19-9)7-11(21-24)14(25)22(2)8-10-4-5-23(3)20-10/h4-7H,8H2,1-3H3. The Morgan fingerprint density at radius 3 is 2.68 bits per heavy atom. The monoisotopic (exact) mass is 368 g/mol. The zero-order valence-electron chi connectivity index (χ0n) is 13.7. The summed E-state index contributed by atoms with van der Waals surface area (Å²) in [7, 11) is 3.35. The molecule has 0 aromatic carbocycles. The predicted molar refractivity (Wildman–Crippen MR) is 86.5 cm³/mol. The third-order valence-corrected chi connectivity index (χ3v) is 3.77. The van der Waals surface area contributed by atoms with Crippen LogP contribution in [-0.4, -0.2) is 42.2 Å². The minimum absolute atomic E-state index is 0.00121. The van der Waals surface area contributed by atoms with E-state index in [9.17, 15) is 13.6 Å². The SMILES string of the molecule is Cc1cc(C(F)(F)Cl)n2nc(C(=O)N(C)Cc3ccn(C)n3)cc2n1. The van der Waals surface area contributed by atoms with Crippen LogP contribution in [0.2, 0.25) is 0 Å². The van der Waals surface area contributed by atoms with Crippen LogP contribution in [0.15, 0.2) is 24.4 Å². The maximum atomic E-state index is 13.6. The molecule has 0 aliphatic carbocycles. The summed E-state index contributed by atoms with van der Waals surface area (Å²) in [5.41, 5.74) is 0.638. The van der Waals surface area contributed by atoms with E-state index in [-0.39, 0.29) is 17.9 Å². The van der Waals surface area contributed by atoms with Gasteiger partial charge in [0.25, 0.3) is 5.91 Å². The van der Waals surface area contributed by atoms with Crippen molar-refractivity contribution in [3.8, 4) is 0 Å². The van der Waals surface area contributed by atoms with Crippen molar-refractivity contribution >= 4 is 23.2 Å². The summed E-state index contributed by atoms with van der Waals surface area (Å²) in [4.78, 5) is 18.1. The molecule has 0 radical (unpaired) electrons. The number of hydrogen-bond acceptors (Lipinski definition) is 4. The first kappa shape index (κ1) is 17.3. The van der Waals surface area contributed by atoms with Crippen LogP contribution in [0.5, 0.6) is 0 Å². The van der Waals surface area contributed by atoms with Crippen molar-refractivity contribution in [2.75, 3.05) is 7.05 Å². The smallest absolute Gasteiger partial charge is 0.334 e. The van der Waals surface area contributed by atoms with Crippen LogP contribution >= 0.6 is 11.6 Å². The summed E-state index contributed by atoms with van der Waals surface area (Å²) in [5.74, 6) is -0.433. The highest BCUT2D eigenvalue weighted by Crippen LogP contribution is 2.32. The van der Waals surface area contributed by atoms with Gasteiger partial charge in [0.2, 0.25) is 0 Å². The van der Waals surface area contributed by atoms with Gasteiger partial charge in [0, 0.05) is 32.1 Å². The second kappa shape index (κ2) is 6.07. The molecular weight excluding hydrogens is 354 g/mol. The molecule has 3 heterocycles. The van der Waals surface area contributed by atoms with Gasteiger partial charge in [0.1, 0.15) is 5.69 Å². The average Bonchev–Trinajstić information content (AvgIpc) is 3.10. The van der Waals surface area contributed by atoms with Crippen molar-refractivity contribution in [3.05, 3.63) is 47.2 Å². The van der Waals surface area contributed by atoms with Crippen molar-refractivity contribution in [1.82, 2.24) is 29.3 Å². The molecule has 3 aromatic heterocycles. The number of rotatable bonds is 4. The molecule has 0 spiro atoms. The molecule has 0 aliphatic rings. The Balaban J connectivity index is 1.94. The van der Waals surface area contributed by atoms with Crippen LogP contribution in [0, 0.1) is 6.92 Å². The van der Waals surface area contributed by atoms with Crippen LogP contribution in [-0.2, 0) is 19.0 Å². The third kappa shape index (κ3) is 3.46. The van der Waals surface area contributed by atoms with E-state index in [0.717, 1.165) is 10.6 Å². The molecule has 0 saturated heterocycles. The Labute approximate surface area is 146 Å². The second-order valence-electron chi connectivity index (χ2n) is 5.72. The summed E-state index contributed by atoms with van der Waals surface area (Å²) in [6.07, 6.45) is 1.76. The van der Waals surface area contributed by atoms with E-state index >= 15 is 0 Å². The molecule has 0 fully saturated rings. The van der Waals surface area contributed by atoms with Gasteiger partial charge in [-0.1, -0.05) is 0 Å². The zero-order valence-corrected chi connectivity index (χ0v) is 14.5. The fourth-order valence-corrected chi connectivity index (χ4v) is 2.60. The minimum atomic E-state index is -3.63. The van der Waals surface area contributed by atoms with E-state index < -0.39 is 17.0 Å². The summed E-state index contributed by atoms with van der Waals surface area (Å²) in [5, 5.41) is 4.53. The van der Waals surface area contributed by atoms with E-state index in [4.69, 9.17) is 11.6 Å². The predicted octanol–water partition coefficient (Wildman–Crippen LogP) is 2.33. The molecular formula is C15H15ClF2N6O. The third-order valence-electron chi connectivity index (χ3n) is 3.58. The molecule has 25 heavy (non-hydrogen) atoms. The fourth-order valence-electron chi connectivity index (χ4n) is 2.46. The number of aryl methyl sites for hydroxylation is 2. The molecule has 0 atom stereocenters. The van der Waals surface area contributed by atoms with Crippen LogP contribution in [0.1, 0.15) is 27.6 Å². The van der Waals surface area contributed by atoms with Crippen LogP contribution in [0.25, 0.3) is 5.65 Å². The lowest BCUT2D eigenvalue weighted by atomic mass is 10.3. The summed E-state index contributed by atoms with van der Waals surface area (Å²) in [6, 6.07) is 4.28. The van der Waals surface area contributed by atoms with Gasteiger partial charge >= 0.3 is 5.38 Å². The number of alkyl halides is 3. The topological polar surface area (TPSA) is 68.3 Å². The lowest BCUT2D eigenvalue weighted by Gasteiger charge is -2.14. The molecule has 0 N–H and O–H groups in total. The lowest BCUT2D eigenvalue weighted by Crippen LogP contribution is -2.27. The van der Waals surface area contributed by atoms with E-state index in [1.165, 1.54) is 11.0 Å². The largest absolute Gasteiger partial charge is 0.364 e. The zero-order chi connectivity index (χ0) is 18.4. The molecule has 0 unspecified atom stereocenters. The van der Waals surface area contributed by atoms with Crippen molar-refractivity contribution in [2.45, 2.75) is 18.9 Å². The van der Waals surface area contributed by atoms with Gasteiger partial charge in [-0.05, 0) is 30.7 Å². The van der Waals surface area contributed by atoms with Crippen molar-refractivity contribution in [3.63, 3.8) is 0 Å². The van der Waals surface area contributed by atoms with Gasteiger partial charge in [-0.15, -0.1) is 0 Å². The van der Waals surface area contributed by atoms with Gasteiger partial charge in [-0.2, -0.15) is 19.0 Å². The highest BCUT2D eigenvalue weighted by molar-refractivity contribution is 6.21. The molecule has 0 aliphatic heterocycles. The van der Waals surface area contributed by atoms with Crippen LogP contribution in [0.3, 0.4) is 0 Å². The molecule has 3 rings (SSSR count).